The lowest BCUT2D eigenvalue weighted by atomic mass is 9.83. The van der Waals surface area contributed by atoms with Crippen molar-refractivity contribution in [1.82, 2.24) is 30.0 Å². The van der Waals surface area contributed by atoms with Crippen molar-refractivity contribution in [2.24, 2.45) is 0 Å². The van der Waals surface area contributed by atoms with E-state index in [1.54, 1.807) is 21.7 Å². The van der Waals surface area contributed by atoms with E-state index < -0.39 is 0 Å². The van der Waals surface area contributed by atoms with Crippen molar-refractivity contribution in [3.63, 3.8) is 0 Å². The summed E-state index contributed by atoms with van der Waals surface area (Å²) >= 11 is 0. The number of benzene rings is 9. The third-order valence-corrected chi connectivity index (χ3v) is 13.2. The molecule has 4 aromatic heterocycles. The van der Waals surface area contributed by atoms with Crippen LogP contribution in [0.5, 0.6) is 0 Å². The molecule has 4 heterocycles. The summed E-state index contributed by atoms with van der Waals surface area (Å²) in [4.78, 5) is 5.58. The van der Waals surface area contributed by atoms with E-state index in [-0.39, 0.29) is 5.92 Å². The molecule has 0 spiro atoms. The highest BCUT2D eigenvalue weighted by Gasteiger charge is 2.24. The van der Waals surface area contributed by atoms with Crippen LogP contribution in [0.1, 0.15) is 34.0 Å². The van der Waals surface area contributed by atoms with Crippen molar-refractivity contribution in [2.75, 3.05) is 4.90 Å². The van der Waals surface area contributed by atoms with Crippen molar-refractivity contribution in [1.29, 1.82) is 0 Å². The van der Waals surface area contributed by atoms with Gasteiger partial charge < -0.3 is 13.7 Å². The van der Waals surface area contributed by atoms with E-state index in [1.807, 2.05) is 66.7 Å². The highest BCUT2D eigenvalue weighted by Crippen LogP contribution is 2.44. The van der Waals surface area contributed by atoms with Crippen molar-refractivity contribution >= 4 is 84.1 Å². The lowest BCUT2D eigenvalue weighted by molar-refractivity contribution is 0.661. The predicted octanol–water partition coefficient (Wildman–Crippen LogP) is 15.4. The van der Waals surface area contributed by atoms with Crippen LogP contribution in [-0.2, 0) is 0 Å². The Hall–Kier alpha value is -9.60. The molecule has 0 fully saturated rings. The Balaban J connectivity index is 0.899. The Morgan fingerprint density at radius 1 is 0.429 bits per heavy atom. The van der Waals surface area contributed by atoms with E-state index in [9.17, 15) is 0 Å². The Kier molecular flexibility index (Phi) is 9.65. The van der Waals surface area contributed by atoms with Crippen LogP contribution < -0.4 is 4.90 Å². The second-order valence-electron chi connectivity index (χ2n) is 17.3. The summed E-state index contributed by atoms with van der Waals surface area (Å²) in [6.45, 7) is 7.86. The molecule has 0 saturated carbocycles. The Morgan fingerprint density at radius 2 is 0.957 bits per heavy atom. The Bertz CT molecular complexity index is 4080. The van der Waals surface area contributed by atoms with Gasteiger partial charge in [-0.1, -0.05) is 147 Å². The third kappa shape index (κ3) is 6.87. The molecule has 0 bridgehead atoms. The summed E-state index contributed by atoms with van der Waals surface area (Å²) < 4.78 is 13.3. The molecule has 0 aliphatic carbocycles. The molecule has 0 N–H and O–H groups in total. The fraction of sp³-hybridized carbons (Fsp3) is 0.0164. The molecule has 9 nitrogen and oxygen atoms in total. The first-order valence-electron chi connectivity index (χ1n) is 23.1. The first kappa shape index (κ1) is 40.7. The molecule has 0 aliphatic rings. The number of anilines is 3. The number of nitrogens with zero attached hydrogens (tertiary/aromatic N) is 7. The van der Waals surface area contributed by atoms with Crippen LogP contribution in [0.15, 0.2) is 228 Å². The minimum Gasteiger partial charge on any atom is -0.456 e. The summed E-state index contributed by atoms with van der Waals surface area (Å²) in [5.41, 5.74) is 16.3. The van der Waals surface area contributed by atoms with Gasteiger partial charge in [-0.15, -0.1) is 20.4 Å². The van der Waals surface area contributed by atoms with Gasteiger partial charge in [-0.3, -0.25) is 0 Å². The molecular weight excluding hydrogens is 863 g/mol. The lowest BCUT2D eigenvalue weighted by Crippen LogP contribution is -2.11. The standard InChI is InChI=1S/C61H41N7O2/c1-3-52-53(4-2)63-68(62-52)46-18-12-16-44(38-46)66(56-26-14-22-50-48-20-6-10-28-58(48)70-61(50)56)43-35-33-40(34-36-43)39-29-31-41(32-30-39)59(51-23-13-21-49-47-19-5-9-27-57(47)69-60(49)51)42-15-11-17-45(37-42)67-64-54-24-7-8-25-55(54)65-67/h3-38,59H,1-2H2. The van der Waals surface area contributed by atoms with E-state index in [4.69, 9.17) is 29.2 Å². The van der Waals surface area contributed by atoms with Crippen LogP contribution in [0.25, 0.3) is 89.6 Å². The second kappa shape index (κ2) is 16.6. The van der Waals surface area contributed by atoms with Crippen molar-refractivity contribution in [3.05, 3.63) is 247 Å². The SMILES string of the molecule is C=Cc1nn(-c2cccc(N(c3ccc(-c4ccc(C(c5cccc(-n6nc7ccccc7n6)c5)c5cccc6c5oc5ccccc56)cc4)cc3)c3cccc4c3oc3ccccc34)c2)nc1C=C. The van der Waals surface area contributed by atoms with E-state index in [1.165, 1.54) is 0 Å². The van der Waals surface area contributed by atoms with E-state index in [0.717, 1.165) is 111 Å². The molecule has 0 radical (unpaired) electrons. The molecule has 9 heteroatoms. The minimum absolute atomic E-state index is 0.167. The summed E-state index contributed by atoms with van der Waals surface area (Å²) in [5, 5.41) is 23.3. The number of para-hydroxylation sites is 4. The average Bonchev–Trinajstić information content (AvgIpc) is 4.23. The van der Waals surface area contributed by atoms with Crippen LogP contribution in [0.2, 0.25) is 0 Å². The van der Waals surface area contributed by atoms with Crippen LogP contribution in [-0.4, -0.2) is 30.0 Å². The van der Waals surface area contributed by atoms with Crippen LogP contribution in [0.4, 0.5) is 17.1 Å². The summed E-state index contributed by atoms with van der Waals surface area (Å²) in [6, 6.07) is 71.4. The maximum absolute atomic E-state index is 6.68. The third-order valence-electron chi connectivity index (χ3n) is 13.2. The molecule has 1 unspecified atom stereocenters. The maximum atomic E-state index is 6.68. The van der Waals surface area contributed by atoms with Gasteiger partial charge in [0.25, 0.3) is 0 Å². The molecule has 0 saturated heterocycles. The highest BCUT2D eigenvalue weighted by molar-refractivity contribution is 6.10. The molecule has 1 atom stereocenters. The summed E-state index contributed by atoms with van der Waals surface area (Å²) in [5.74, 6) is -0.167. The van der Waals surface area contributed by atoms with Crippen molar-refractivity contribution in [2.45, 2.75) is 5.92 Å². The predicted molar refractivity (Wildman–Crippen MR) is 282 cm³/mol. The first-order valence-corrected chi connectivity index (χ1v) is 23.1. The smallest absolute Gasteiger partial charge is 0.159 e. The van der Waals surface area contributed by atoms with Crippen molar-refractivity contribution in [3.8, 4) is 22.5 Å². The number of fused-ring (bicyclic) bond motifs is 7. The van der Waals surface area contributed by atoms with E-state index >= 15 is 0 Å². The lowest BCUT2D eigenvalue weighted by Gasteiger charge is -2.26. The normalized spacial score (nSPS) is 12.1. The summed E-state index contributed by atoms with van der Waals surface area (Å²) in [6.07, 6.45) is 3.38. The van der Waals surface area contributed by atoms with Gasteiger partial charge in [0.15, 0.2) is 5.58 Å². The van der Waals surface area contributed by atoms with Gasteiger partial charge >= 0.3 is 0 Å². The molecule has 0 aliphatic heterocycles. The highest BCUT2D eigenvalue weighted by atomic mass is 16.3. The fourth-order valence-electron chi connectivity index (χ4n) is 9.85. The average molecular weight is 904 g/mol. The van der Waals surface area contributed by atoms with E-state index in [2.05, 4.69) is 158 Å². The van der Waals surface area contributed by atoms with Crippen LogP contribution in [0.3, 0.4) is 0 Å². The van der Waals surface area contributed by atoms with Gasteiger partial charge in [-0.05, 0) is 107 Å². The zero-order valence-corrected chi connectivity index (χ0v) is 37.7. The Morgan fingerprint density at radius 3 is 1.63 bits per heavy atom. The van der Waals surface area contributed by atoms with Gasteiger partial charge in [0, 0.05) is 44.4 Å². The number of furan rings is 2. The zero-order chi connectivity index (χ0) is 46.7. The van der Waals surface area contributed by atoms with Gasteiger partial charge in [0.2, 0.25) is 0 Å². The molecular formula is C61H41N7O2. The number of hydrogen-bond acceptors (Lipinski definition) is 7. The summed E-state index contributed by atoms with van der Waals surface area (Å²) in [7, 11) is 0. The van der Waals surface area contributed by atoms with Crippen LogP contribution in [0, 0.1) is 0 Å². The topological polar surface area (TPSA) is 90.9 Å². The fourth-order valence-corrected chi connectivity index (χ4v) is 9.85. The Labute approximate surface area is 402 Å². The monoisotopic (exact) mass is 903 g/mol. The maximum Gasteiger partial charge on any atom is 0.159 e. The molecule has 332 valence electrons. The molecule has 0 amide bonds. The molecule has 13 aromatic rings. The van der Waals surface area contributed by atoms with Gasteiger partial charge in [-0.25, -0.2) is 0 Å². The second-order valence-corrected chi connectivity index (χ2v) is 17.3. The van der Waals surface area contributed by atoms with Gasteiger partial charge in [0.05, 0.1) is 17.1 Å². The first-order chi connectivity index (χ1) is 34.6. The molecule has 9 aromatic carbocycles. The van der Waals surface area contributed by atoms with Crippen LogP contribution >= 0.6 is 0 Å². The van der Waals surface area contributed by atoms with E-state index in [0.29, 0.717) is 11.4 Å². The zero-order valence-electron chi connectivity index (χ0n) is 37.7. The molecule has 70 heavy (non-hydrogen) atoms. The number of hydrogen-bond donors (Lipinski definition) is 0. The molecule has 13 rings (SSSR count). The largest absolute Gasteiger partial charge is 0.456 e. The number of aromatic nitrogens is 6. The van der Waals surface area contributed by atoms with Gasteiger partial charge in [0.1, 0.15) is 39.2 Å². The quantitative estimate of drug-likeness (QED) is 0.119. The number of rotatable bonds is 11. The van der Waals surface area contributed by atoms with Gasteiger partial charge in [-0.2, -0.15) is 9.59 Å². The minimum atomic E-state index is -0.167. The van der Waals surface area contributed by atoms with Crippen molar-refractivity contribution < 1.29 is 8.83 Å².